The molecule has 0 aliphatic heterocycles. The van der Waals surface area contributed by atoms with Gasteiger partial charge in [-0.3, -0.25) is 0 Å². The van der Waals surface area contributed by atoms with Gasteiger partial charge in [-0.15, -0.1) is 11.3 Å². The van der Waals surface area contributed by atoms with E-state index in [1.807, 2.05) is 26.8 Å². The van der Waals surface area contributed by atoms with Gasteiger partial charge >= 0.3 is 6.09 Å². The molecule has 23 heavy (non-hydrogen) atoms. The first-order valence-electron chi connectivity index (χ1n) is 7.77. The third-order valence-electron chi connectivity index (χ3n) is 4.60. The van der Waals surface area contributed by atoms with Crippen molar-refractivity contribution in [3.8, 4) is 0 Å². The first-order valence-corrected chi connectivity index (χ1v) is 9.38. The SMILES string of the molecule is CC(C)(C)OC(=O)NC12CC(c3nc4ccc(Br)cc4s3)(C1)C2. The molecule has 4 nitrogen and oxygen atoms in total. The molecule has 5 rings (SSSR count). The predicted octanol–water partition coefficient (Wildman–Crippen LogP) is 4.76. The molecule has 3 saturated carbocycles. The molecular weight excluding hydrogens is 376 g/mol. The lowest BCUT2D eigenvalue weighted by Gasteiger charge is -2.69. The molecule has 6 heteroatoms. The first-order chi connectivity index (χ1) is 10.7. The van der Waals surface area contributed by atoms with Crippen LogP contribution in [0.2, 0.25) is 0 Å². The molecule has 3 aliphatic rings. The topological polar surface area (TPSA) is 51.2 Å². The van der Waals surface area contributed by atoms with Gasteiger partial charge in [0.05, 0.1) is 10.2 Å². The summed E-state index contributed by atoms with van der Waals surface area (Å²) in [6.07, 6.45) is 2.61. The maximum absolute atomic E-state index is 12.0. The minimum absolute atomic E-state index is 0.0687. The fourth-order valence-electron chi connectivity index (χ4n) is 3.79. The Morgan fingerprint density at radius 1 is 1.35 bits per heavy atom. The number of benzene rings is 1. The zero-order valence-electron chi connectivity index (χ0n) is 13.4. The summed E-state index contributed by atoms with van der Waals surface area (Å²) in [5.74, 6) is 0. The van der Waals surface area contributed by atoms with Crippen LogP contribution in [0.3, 0.4) is 0 Å². The van der Waals surface area contributed by atoms with E-state index in [2.05, 4.69) is 33.4 Å². The number of hydrogen-bond donors (Lipinski definition) is 1. The van der Waals surface area contributed by atoms with Gasteiger partial charge in [-0.1, -0.05) is 15.9 Å². The van der Waals surface area contributed by atoms with Crippen LogP contribution in [-0.4, -0.2) is 22.2 Å². The fourth-order valence-corrected chi connectivity index (χ4v) is 5.49. The number of rotatable bonds is 2. The van der Waals surface area contributed by atoms with Gasteiger partial charge in [0, 0.05) is 15.4 Å². The highest BCUT2D eigenvalue weighted by molar-refractivity contribution is 9.10. The highest BCUT2D eigenvalue weighted by atomic mass is 79.9. The van der Waals surface area contributed by atoms with E-state index in [0.717, 1.165) is 29.3 Å². The van der Waals surface area contributed by atoms with Gasteiger partial charge in [-0.2, -0.15) is 0 Å². The average molecular weight is 395 g/mol. The Labute approximate surface area is 147 Å². The molecule has 0 atom stereocenters. The van der Waals surface area contributed by atoms with Crippen LogP contribution in [0.4, 0.5) is 4.79 Å². The highest BCUT2D eigenvalue weighted by Crippen LogP contribution is 2.68. The maximum Gasteiger partial charge on any atom is 0.408 e. The number of nitrogens with one attached hydrogen (secondary N) is 1. The van der Waals surface area contributed by atoms with Crippen molar-refractivity contribution < 1.29 is 9.53 Å². The molecule has 1 aromatic heterocycles. The van der Waals surface area contributed by atoms with Gasteiger partial charge in [-0.05, 0) is 58.2 Å². The van der Waals surface area contributed by atoms with Crippen molar-refractivity contribution in [1.29, 1.82) is 0 Å². The molecule has 1 amide bonds. The number of amides is 1. The van der Waals surface area contributed by atoms with Crippen LogP contribution in [0.25, 0.3) is 10.2 Å². The summed E-state index contributed by atoms with van der Waals surface area (Å²) in [6, 6.07) is 6.20. The molecule has 0 spiro atoms. The Hall–Kier alpha value is -1.14. The largest absolute Gasteiger partial charge is 0.444 e. The van der Waals surface area contributed by atoms with Crippen molar-refractivity contribution in [1.82, 2.24) is 10.3 Å². The number of carbonyl (C=O) groups excluding carboxylic acids is 1. The van der Waals surface area contributed by atoms with Crippen molar-refractivity contribution in [3.63, 3.8) is 0 Å². The van der Waals surface area contributed by atoms with Gasteiger partial charge in [0.15, 0.2) is 0 Å². The number of nitrogens with zero attached hydrogens (tertiary/aromatic N) is 1. The quantitative estimate of drug-likeness (QED) is 0.798. The van der Waals surface area contributed by atoms with Crippen LogP contribution >= 0.6 is 27.3 Å². The van der Waals surface area contributed by atoms with Crippen molar-refractivity contribution in [2.24, 2.45) is 0 Å². The number of thiazole rings is 1. The molecular formula is C17H19BrN2O2S. The van der Waals surface area contributed by atoms with Crippen molar-refractivity contribution in [2.75, 3.05) is 0 Å². The number of fused-ring (bicyclic) bond motifs is 1. The van der Waals surface area contributed by atoms with E-state index in [1.54, 1.807) is 11.3 Å². The van der Waals surface area contributed by atoms with Gasteiger partial charge in [0.2, 0.25) is 0 Å². The van der Waals surface area contributed by atoms with E-state index >= 15 is 0 Å². The van der Waals surface area contributed by atoms with Crippen LogP contribution in [0.5, 0.6) is 0 Å². The number of aromatic nitrogens is 1. The van der Waals surface area contributed by atoms with Crippen molar-refractivity contribution >= 4 is 43.6 Å². The van der Waals surface area contributed by atoms with E-state index in [9.17, 15) is 4.79 Å². The zero-order valence-corrected chi connectivity index (χ0v) is 15.8. The third kappa shape index (κ3) is 2.56. The van der Waals surface area contributed by atoms with Crippen LogP contribution in [0, 0.1) is 0 Å². The minimum Gasteiger partial charge on any atom is -0.444 e. The van der Waals surface area contributed by atoms with E-state index in [0.29, 0.717) is 0 Å². The van der Waals surface area contributed by atoms with Crippen molar-refractivity contribution in [2.45, 2.75) is 56.6 Å². The van der Waals surface area contributed by atoms with Gasteiger partial charge in [-0.25, -0.2) is 9.78 Å². The summed E-state index contributed by atoms with van der Waals surface area (Å²) in [5.41, 5.74) is 0.713. The lowest BCUT2D eigenvalue weighted by atomic mass is 9.39. The van der Waals surface area contributed by atoms with Gasteiger partial charge < -0.3 is 10.1 Å². The van der Waals surface area contributed by atoms with Gasteiger partial charge in [0.1, 0.15) is 10.6 Å². The Balaban J connectivity index is 1.45. The van der Waals surface area contributed by atoms with Crippen LogP contribution < -0.4 is 5.32 Å². The van der Waals surface area contributed by atoms with Crippen LogP contribution in [0.1, 0.15) is 45.0 Å². The maximum atomic E-state index is 12.0. The Morgan fingerprint density at radius 2 is 2.04 bits per heavy atom. The molecule has 0 unspecified atom stereocenters. The summed E-state index contributed by atoms with van der Waals surface area (Å²) < 4.78 is 7.67. The molecule has 1 N–H and O–H groups in total. The second-order valence-electron chi connectivity index (χ2n) is 7.85. The Kier molecular flexibility index (Phi) is 3.14. The van der Waals surface area contributed by atoms with Gasteiger partial charge in [0.25, 0.3) is 0 Å². The Morgan fingerprint density at radius 3 is 2.70 bits per heavy atom. The van der Waals surface area contributed by atoms with Crippen LogP contribution in [-0.2, 0) is 10.2 Å². The molecule has 122 valence electrons. The molecule has 2 bridgehead atoms. The lowest BCUT2D eigenvalue weighted by molar-refractivity contribution is -0.0883. The Bertz CT molecular complexity index is 789. The smallest absolute Gasteiger partial charge is 0.408 e. The number of halogens is 1. The monoisotopic (exact) mass is 394 g/mol. The molecule has 3 fully saturated rings. The summed E-state index contributed by atoms with van der Waals surface area (Å²) in [7, 11) is 0. The normalized spacial score (nSPS) is 28.9. The number of ether oxygens (including phenoxy) is 1. The second-order valence-corrected chi connectivity index (χ2v) is 9.80. The second kappa shape index (κ2) is 4.70. The summed E-state index contributed by atoms with van der Waals surface area (Å²) in [6.45, 7) is 5.65. The van der Waals surface area contributed by atoms with E-state index in [4.69, 9.17) is 9.72 Å². The third-order valence-corrected chi connectivity index (χ3v) is 6.36. The molecule has 1 aromatic carbocycles. The molecule has 2 aromatic rings. The van der Waals surface area contributed by atoms with E-state index in [1.165, 1.54) is 9.71 Å². The highest BCUT2D eigenvalue weighted by Gasteiger charge is 2.70. The number of alkyl carbamates (subject to hydrolysis) is 1. The molecule has 1 heterocycles. The molecule has 0 radical (unpaired) electrons. The molecule has 0 saturated heterocycles. The summed E-state index contributed by atoms with van der Waals surface area (Å²) in [5, 5.41) is 4.27. The van der Waals surface area contributed by atoms with E-state index < -0.39 is 5.60 Å². The number of hydrogen-bond acceptors (Lipinski definition) is 4. The molecule has 3 aliphatic carbocycles. The number of carbonyl (C=O) groups is 1. The standard InChI is InChI=1S/C17H19BrN2O2S/c1-15(2,3)22-14(21)20-17-7-16(8-17,9-17)13-19-11-5-4-10(18)6-12(11)23-13/h4-6H,7-9H2,1-3H3,(H,20,21). The zero-order chi connectivity index (χ0) is 16.5. The minimum atomic E-state index is -0.453. The lowest BCUT2D eigenvalue weighted by Crippen LogP contribution is -2.76. The van der Waals surface area contributed by atoms with Crippen LogP contribution in [0.15, 0.2) is 22.7 Å². The predicted molar refractivity (Wildman–Crippen MR) is 94.9 cm³/mol. The fraction of sp³-hybridized carbons (Fsp3) is 0.529. The summed E-state index contributed by atoms with van der Waals surface area (Å²) in [4.78, 5) is 16.8. The first kappa shape index (κ1) is 15.4. The van der Waals surface area contributed by atoms with E-state index in [-0.39, 0.29) is 17.0 Å². The summed E-state index contributed by atoms with van der Waals surface area (Å²) >= 11 is 5.28. The van der Waals surface area contributed by atoms with Crippen molar-refractivity contribution in [3.05, 3.63) is 27.7 Å². The average Bonchev–Trinajstić information content (AvgIpc) is 2.72.